The van der Waals surface area contributed by atoms with Crippen LogP contribution in [0.5, 0.6) is 0 Å². The van der Waals surface area contributed by atoms with Gasteiger partial charge < -0.3 is 10.2 Å². The zero-order valence-electron chi connectivity index (χ0n) is 12.2. The van der Waals surface area contributed by atoms with Gasteiger partial charge in [-0.05, 0) is 37.6 Å². The Balaban J connectivity index is 1.68. The zero-order valence-corrected chi connectivity index (χ0v) is 12.2. The van der Waals surface area contributed by atoms with Crippen LogP contribution in [-0.4, -0.2) is 35.6 Å². The number of likely N-dealkylation sites (tertiary alicyclic amines) is 1. The van der Waals surface area contributed by atoms with Crippen molar-refractivity contribution < 1.29 is 0 Å². The maximum Gasteiger partial charge on any atom is 0.0746 e. The summed E-state index contributed by atoms with van der Waals surface area (Å²) in [6, 6.07) is 11.2. The van der Waals surface area contributed by atoms with E-state index in [1.807, 2.05) is 12.3 Å². The number of nitrogens with zero attached hydrogens (tertiary/aromatic N) is 2. The molecule has 0 bridgehead atoms. The lowest BCUT2D eigenvalue weighted by Gasteiger charge is -2.32. The second-order valence-corrected chi connectivity index (χ2v) is 5.61. The molecular weight excluding hydrogens is 246 g/mol. The summed E-state index contributed by atoms with van der Waals surface area (Å²) in [4.78, 5) is 7.06. The molecule has 0 saturated carbocycles. The molecule has 1 unspecified atom stereocenters. The fourth-order valence-electron chi connectivity index (χ4n) is 3.07. The summed E-state index contributed by atoms with van der Waals surface area (Å²) in [5.74, 6) is 0. The van der Waals surface area contributed by atoms with E-state index < -0.39 is 0 Å². The Hall–Kier alpha value is -1.45. The van der Waals surface area contributed by atoms with Crippen molar-refractivity contribution in [2.24, 2.45) is 0 Å². The number of para-hydroxylation sites is 1. The van der Waals surface area contributed by atoms with Crippen molar-refractivity contribution in [1.82, 2.24) is 15.2 Å². The minimum absolute atomic E-state index is 0.614. The van der Waals surface area contributed by atoms with E-state index in [-0.39, 0.29) is 0 Å². The van der Waals surface area contributed by atoms with Crippen LogP contribution in [-0.2, 0) is 6.54 Å². The second-order valence-electron chi connectivity index (χ2n) is 5.61. The molecule has 1 aromatic heterocycles. The predicted molar refractivity (Wildman–Crippen MR) is 83.7 cm³/mol. The monoisotopic (exact) mass is 269 g/mol. The third kappa shape index (κ3) is 3.00. The van der Waals surface area contributed by atoms with Crippen molar-refractivity contribution in [3.8, 4) is 0 Å². The molecule has 2 heterocycles. The molecule has 106 valence electrons. The number of aromatic nitrogens is 1. The molecule has 1 aliphatic heterocycles. The summed E-state index contributed by atoms with van der Waals surface area (Å²) in [5.41, 5.74) is 2.43. The normalized spacial score (nSPS) is 20.4. The summed E-state index contributed by atoms with van der Waals surface area (Å²) < 4.78 is 0. The third-order valence-electron chi connectivity index (χ3n) is 4.25. The Morgan fingerprint density at radius 1 is 1.30 bits per heavy atom. The Bertz CT molecular complexity index is 562. The third-order valence-corrected chi connectivity index (χ3v) is 4.25. The summed E-state index contributed by atoms with van der Waals surface area (Å²) in [5, 5.41) is 4.94. The van der Waals surface area contributed by atoms with E-state index in [0.717, 1.165) is 18.6 Å². The van der Waals surface area contributed by atoms with Gasteiger partial charge in [0.05, 0.1) is 5.52 Å². The molecule has 0 radical (unpaired) electrons. The number of likely N-dealkylation sites (N-methyl/N-ethyl adjacent to an activating group) is 1. The standard InChI is InChI=1S/C17H23N3/c1-2-20-11-5-9-16(13-20)19-12-15-7-3-6-14-8-4-10-18-17(14)15/h3-4,6-8,10,16,19H,2,5,9,11-13H2,1H3. The number of fused-ring (bicyclic) bond motifs is 1. The lowest BCUT2D eigenvalue weighted by molar-refractivity contribution is 0.198. The van der Waals surface area contributed by atoms with Crippen molar-refractivity contribution in [3.63, 3.8) is 0 Å². The number of benzene rings is 1. The van der Waals surface area contributed by atoms with E-state index in [0.29, 0.717) is 6.04 Å². The molecule has 3 heteroatoms. The summed E-state index contributed by atoms with van der Waals surface area (Å²) in [6.45, 7) is 6.75. The van der Waals surface area contributed by atoms with Gasteiger partial charge in [-0.3, -0.25) is 4.98 Å². The van der Waals surface area contributed by atoms with E-state index in [1.165, 1.54) is 36.9 Å². The molecule has 0 amide bonds. The zero-order chi connectivity index (χ0) is 13.8. The van der Waals surface area contributed by atoms with Crippen LogP contribution in [0.25, 0.3) is 10.9 Å². The highest BCUT2D eigenvalue weighted by Gasteiger charge is 2.18. The van der Waals surface area contributed by atoms with Crippen LogP contribution in [0.3, 0.4) is 0 Å². The van der Waals surface area contributed by atoms with Crippen molar-refractivity contribution in [3.05, 3.63) is 42.1 Å². The highest BCUT2D eigenvalue weighted by Crippen LogP contribution is 2.17. The molecule has 3 rings (SSSR count). The lowest BCUT2D eigenvalue weighted by Crippen LogP contribution is -2.45. The van der Waals surface area contributed by atoms with Gasteiger partial charge in [-0.1, -0.05) is 31.2 Å². The summed E-state index contributed by atoms with van der Waals surface area (Å²) in [6.07, 6.45) is 4.47. The van der Waals surface area contributed by atoms with Crippen molar-refractivity contribution >= 4 is 10.9 Å². The van der Waals surface area contributed by atoms with Crippen molar-refractivity contribution in [2.75, 3.05) is 19.6 Å². The average molecular weight is 269 g/mol. The van der Waals surface area contributed by atoms with Gasteiger partial charge in [0.2, 0.25) is 0 Å². The molecule has 2 aromatic rings. The molecule has 3 nitrogen and oxygen atoms in total. The van der Waals surface area contributed by atoms with Crippen LogP contribution < -0.4 is 5.32 Å². The molecule has 1 N–H and O–H groups in total. The van der Waals surface area contributed by atoms with E-state index in [1.54, 1.807) is 0 Å². The first-order chi connectivity index (χ1) is 9.86. The van der Waals surface area contributed by atoms with Gasteiger partial charge in [-0.25, -0.2) is 0 Å². The van der Waals surface area contributed by atoms with Crippen LogP contribution in [0.2, 0.25) is 0 Å². The smallest absolute Gasteiger partial charge is 0.0746 e. The van der Waals surface area contributed by atoms with Crippen LogP contribution in [0.15, 0.2) is 36.5 Å². The minimum Gasteiger partial charge on any atom is -0.309 e. The lowest BCUT2D eigenvalue weighted by atomic mass is 10.0. The van der Waals surface area contributed by atoms with Crippen LogP contribution >= 0.6 is 0 Å². The Morgan fingerprint density at radius 2 is 2.20 bits per heavy atom. The summed E-state index contributed by atoms with van der Waals surface area (Å²) in [7, 11) is 0. The maximum absolute atomic E-state index is 4.53. The average Bonchev–Trinajstić information content (AvgIpc) is 2.53. The first kappa shape index (κ1) is 13.5. The fraction of sp³-hybridized carbons (Fsp3) is 0.471. The highest BCUT2D eigenvalue weighted by atomic mass is 15.2. The first-order valence-electron chi connectivity index (χ1n) is 7.65. The molecule has 1 aromatic carbocycles. The predicted octanol–water partition coefficient (Wildman–Crippen LogP) is 2.81. The van der Waals surface area contributed by atoms with E-state index >= 15 is 0 Å². The van der Waals surface area contributed by atoms with Gasteiger partial charge in [0.1, 0.15) is 0 Å². The molecule has 1 fully saturated rings. The van der Waals surface area contributed by atoms with Gasteiger partial charge in [-0.2, -0.15) is 0 Å². The van der Waals surface area contributed by atoms with Crippen LogP contribution in [0.1, 0.15) is 25.3 Å². The highest BCUT2D eigenvalue weighted by molar-refractivity contribution is 5.81. The van der Waals surface area contributed by atoms with E-state index in [4.69, 9.17) is 0 Å². The minimum atomic E-state index is 0.614. The summed E-state index contributed by atoms with van der Waals surface area (Å²) >= 11 is 0. The Kier molecular flexibility index (Phi) is 4.28. The van der Waals surface area contributed by atoms with Crippen molar-refractivity contribution in [1.29, 1.82) is 0 Å². The quantitative estimate of drug-likeness (QED) is 0.925. The number of hydrogen-bond acceptors (Lipinski definition) is 3. The molecule has 0 spiro atoms. The largest absolute Gasteiger partial charge is 0.309 e. The fourth-order valence-corrected chi connectivity index (χ4v) is 3.07. The molecule has 1 saturated heterocycles. The number of hydrogen-bond donors (Lipinski definition) is 1. The Morgan fingerprint density at radius 3 is 3.10 bits per heavy atom. The second kappa shape index (κ2) is 6.33. The molecule has 0 aliphatic carbocycles. The van der Waals surface area contributed by atoms with E-state index in [9.17, 15) is 0 Å². The van der Waals surface area contributed by atoms with Gasteiger partial charge in [0, 0.05) is 30.7 Å². The van der Waals surface area contributed by atoms with Crippen LogP contribution in [0.4, 0.5) is 0 Å². The van der Waals surface area contributed by atoms with Gasteiger partial charge in [0.25, 0.3) is 0 Å². The number of piperidine rings is 1. The topological polar surface area (TPSA) is 28.2 Å². The SMILES string of the molecule is CCN1CCCC(NCc2cccc3cccnc23)C1. The first-order valence-corrected chi connectivity index (χ1v) is 7.65. The van der Waals surface area contributed by atoms with Crippen LogP contribution in [0, 0.1) is 0 Å². The van der Waals surface area contributed by atoms with Gasteiger partial charge in [0.15, 0.2) is 0 Å². The molecule has 20 heavy (non-hydrogen) atoms. The molecular formula is C17H23N3. The number of pyridine rings is 1. The molecule has 1 atom stereocenters. The van der Waals surface area contributed by atoms with Gasteiger partial charge in [-0.15, -0.1) is 0 Å². The van der Waals surface area contributed by atoms with Gasteiger partial charge >= 0.3 is 0 Å². The Labute approximate surface area is 121 Å². The maximum atomic E-state index is 4.53. The number of rotatable bonds is 4. The molecule has 1 aliphatic rings. The van der Waals surface area contributed by atoms with E-state index in [2.05, 4.69) is 46.4 Å². The number of nitrogens with one attached hydrogen (secondary N) is 1. The van der Waals surface area contributed by atoms with Crippen molar-refractivity contribution in [2.45, 2.75) is 32.4 Å².